The number of hydrogen-bond acceptors (Lipinski definition) is 6. The summed E-state index contributed by atoms with van der Waals surface area (Å²) in [6.07, 6.45) is 99.4. The molecule has 0 aromatic rings. The van der Waals surface area contributed by atoms with Crippen LogP contribution >= 0.6 is 0 Å². The van der Waals surface area contributed by atoms with Gasteiger partial charge in [0.05, 0.1) is 0 Å². The molecule has 1 atom stereocenters. The normalized spacial score (nSPS) is 13.3. The fourth-order valence-corrected chi connectivity index (χ4v) is 8.40. The molecule has 0 spiro atoms. The van der Waals surface area contributed by atoms with Crippen molar-refractivity contribution in [3.05, 3.63) is 170 Å². The summed E-state index contributed by atoms with van der Waals surface area (Å²) in [5, 5.41) is 0. The number of rotatable bonds is 57. The fourth-order valence-electron chi connectivity index (χ4n) is 8.40. The lowest BCUT2D eigenvalue weighted by atomic mass is 10.1. The van der Waals surface area contributed by atoms with Gasteiger partial charge in [-0.05, 0) is 135 Å². The zero-order chi connectivity index (χ0) is 58.5. The van der Waals surface area contributed by atoms with E-state index in [0.29, 0.717) is 19.3 Å². The molecule has 6 heteroatoms. The van der Waals surface area contributed by atoms with Crippen LogP contribution in [0.3, 0.4) is 0 Å². The van der Waals surface area contributed by atoms with Crippen molar-refractivity contribution in [3.63, 3.8) is 0 Å². The molecule has 0 heterocycles. The average molecular weight is 1120 g/mol. The minimum atomic E-state index is -0.805. The highest BCUT2D eigenvalue weighted by atomic mass is 16.6. The second kappa shape index (κ2) is 67.3. The van der Waals surface area contributed by atoms with Gasteiger partial charge < -0.3 is 14.2 Å². The van der Waals surface area contributed by atoms with Gasteiger partial charge in [0.2, 0.25) is 0 Å². The van der Waals surface area contributed by atoms with Crippen LogP contribution in [0, 0.1) is 0 Å². The Balaban J connectivity index is 4.36. The number of esters is 3. The van der Waals surface area contributed by atoms with Gasteiger partial charge in [0.15, 0.2) is 6.10 Å². The lowest BCUT2D eigenvalue weighted by Crippen LogP contribution is -2.30. The number of ether oxygens (including phenoxy) is 3. The van der Waals surface area contributed by atoms with Crippen LogP contribution in [0.4, 0.5) is 0 Å². The third-order valence-electron chi connectivity index (χ3n) is 13.2. The Morgan fingerprint density at radius 2 is 0.481 bits per heavy atom. The summed E-state index contributed by atoms with van der Waals surface area (Å²) < 4.78 is 16.9. The van der Waals surface area contributed by atoms with Gasteiger partial charge in [0, 0.05) is 19.3 Å². The average Bonchev–Trinajstić information content (AvgIpc) is 3.47. The van der Waals surface area contributed by atoms with Crippen molar-refractivity contribution >= 4 is 17.9 Å². The molecule has 0 radical (unpaired) electrons. The van der Waals surface area contributed by atoms with E-state index in [2.05, 4.69) is 191 Å². The molecule has 454 valence electrons. The van der Waals surface area contributed by atoms with Crippen molar-refractivity contribution in [1.82, 2.24) is 0 Å². The molecule has 0 N–H and O–H groups in total. The second-order valence-corrected chi connectivity index (χ2v) is 20.9. The first-order valence-electron chi connectivity index (χ1n) is 32.6. The lowest BCUT2D eigenvalue weighted by Gasteiger charge is -2.18. The van der Waals surface area contributed by atoms with Crippen LogP contribution in [0.2, 0.25) is 0 Å². The zero-order valence-corrected chi connectivity index (χ0v) is 52.0. The van der Waals surface area contributed by atoms with Gasteiger partial charge in [-0.3, -0.25) is 14.4 Å². The van der Waals surface area contributed by atoms with Crippen LogP contribution in [0.15, 0.2) is 170 Å². The number of unbranched alkanes of at least 4 members (excludes halogenated alkanes) is 18. The van der Waals surface area contributed by atoms with Gasteiger partial charge in [-0.1, -0.05) is 281 Å². The molecule has 0 saturated heterocycles. The molecule has 0 amide bonds. The third kappa shape index (κ3) is 65.5. The molecule has 0 saturated carbocycles. The number of allylic oxidation sites excluding steroid dienone is 28. The van der Waals surface area contributed by atoms with Crippen LogP contribution in [0.1, 0.15) is 265 Å². The van der Waals surface area contributed by atoms with E-state index in [9.17, 15) is 14.4 Å². The first kappa shape index (κ1) is 75.8. The monoisotopic (exact) mass is 1110 g/mol. The van der Waals surface area contributed by atoms with Crippen molar-refractivity contribution in [3.8, 4) is 0 Å². The number of carbonyl (C=O) groups excluding carboxylic acids is 3. The summed E-state index contributed by atoms with van der Waals surface area (Å²) in [4.78, 5) is 38.2. The van der Waals surface area contributed by atoms with E-state index in [1.807, 2.05) is 0 Å². The van der Waals surface area contributed by atoms with Crippen LogP contribution in [-0.4, -0.2) is 37.2 Å². The Morgan fingerprint density at radius 1 is 0.259 bits per heavy atom. The molecular formula is C75H118O6. The Hall–Kier alpha value is -5.23. The summed E-state index contributed by atoms with van der Waals surface area (Å²) in [6, 6.07) is 0. The van der Waals surface area contributed by atoms with E-state index in [4.69, 9.17) is 14.2 Å². The molecule has 0 aromatic carbocycles. The zero-order valence-electron chi connectivity index (χ0n) is 52.0. The minimum Gasteiger partial charge on any atom is -0.462 e. The molecule has 0 aliphatic carbocycles. The number of carbonyl (C=O) groups is 3. The maximum Gasteiger partial charge on any atom is 0.306 e. The van der Waals surface area contributed by atoms with E-state index in [1.54, 1.807) is 0 Å². The topological polar surface area (TPSA) is 78.9 Å². The quantitative estimate of drug-likeness (QED) is 0.0261. The summed E-state index contributed by atoms with van der Waals surface area (Å²) in [7, 11) is 0. The molecule has 0 aliphatic heterocycles. The van der Waals surface area contributed by atoms with Gasteiger partial charge in [-0.2, -0.15) is 0 Å². The highest BCUT2D eigenvalue weighted by Gasteiger charge is 2.19. The molecule has 81 heavy (non-hydrogen) atoms. The lowest BCUT2D eigenvalue weighted by molar-refractivity contribution is -0.167. The maximum absolute atomic E-state index is 12.9. The molecule has 0 rings (SSSR count). The van der Waals surface area contributed by atoms with Gasteiger partial charge >= 0.3 is 17.9 Å². The standard InChI is InChI=1S/C75H118O6/c1-4-7-10-13-16-19-21-23-25-27-29-31-33-35-36-37-38-40-41-43-45-47-49-51-53-56-59-62-65-68-74(77)80-71-72(70-79-73(76)67-64-61-58-55-18-15-12-9-6-3)81-75(78)69-66-63-60-57-54-52-50-48-46-44-42-39-34-32-30-28-26-24-22-20-17-14-11-8-5-2/h7-8,10-11,16-17,19-20,23-26,29-32,35-36,38-40,42-43,45-46,48-49,51,72H,4-6,9,12-15,18,21-22,27-28,33-34,37,41,44,47,50,52-71H2,1-3H3/b10-7-,11-8-,19-16-,20-17-,25-23-,26-24-,31-29-,32-30-,36-35-,40-38-,42-39-,45-43-,48-46-,51-49-. The Kier molecular flexibility index (Phi) is 62.9. The number of hydrogen-bond donors (Lipinski definition) is 0. The predicted octanol–water partition coefficient (Wildman–Crippen LogP) is 22.7. The maximum atomic E-state index is 12.9. The molecule has 0 fully saturated rings. The van der Waals surface area contributed by atoms with E-state index in [-0.39, 0.29) is 31.1 Å². The highest BCUT2D eigenvalue weighted by Crippen LogP contribution is 2.14. The molecule has 0 aromatic heterocycles. The summed E-state index contributed by atoms with van der Waals surface area (Å²) in [5.74, 6) is -0.947. The fraction of sp³-hybridized carbons (Fsp3) is 0.587. The van der Waals surface area contributed by atoms with Crippen molar-refractivity contribution in [1.29, 1.82) is 0 Å². The highest BCUT2D eigenvalue weighted by molar-refractivity contribution is 5.71. The molecule has 1 unspecified atom stereocenters. The van der Waals surface area contributed by atoms with Gasteiger partial charge in [0.25, 0.3) is 0 Å². The smallest absolute Gasteiger partial charge is 0.306 e. The molecule has 0 aliphatic rings. The van der Waals surface area contributed by atoms with E-state index < -0.39 is 6.10 Å². The largest absolute Gasteiger partial charge is 0.462 e. The van der Waals surface area contributed by atoms with E-state index >= 15 is 0 Å². The minimum absolute atomic E-state index is 0.0984. The van der Waals surface area contributed by atoms with Crippen molar-refractivity contribution in [2.45, 2.75) is 271 Å². The van der Waals surface area contributed by atoms with Crippen LogP contribution in [0.25, 0.3) is 0 Å². The third-order valence-corrected chi connectivity index (χ3v) is 13.2. The van der Waals surface area contributed by atoms with Crippen molar-refractivity contribution < 1.29 is 28.6 Å². The van der Waals surface area contributed by atoms with Crippen molar-refractivity contribution in [2.75, 3.05) is 13.2 Å². The first-order valence-corrected chi connectivity index (χ1v) is 32.6. The molecule has 6 nitrogen and oxygen atoms in total. The Bertz CT molecular complexity index is 1860. The summed E-state index contributed by atoms with van der Waals surface area (Å²) in [5.41, 5.74) is 0. The van der Waals surface area contributed by atoms with Crippen LogP contribution in [0.5, 0.6) is 0 Å². The van der Waals surface area contributed by atoms with Crippen LogP contribution < -0.4 is 0 Å². The summed E-state index contributed by atoms with van der Waals surface area (Å²) in [6.45, 7) is 6.35. The van der Waals surface area contributed by atoms with Gasteiger partial charge in [-0.25, -0.2) is 0 Å². The molecule has 0 bridgehead atoms. The van der Waals surface area contributed by atoms with Gasteiger partial charge in [-0.15, -0.1) is 0 Å². The van der Waals surface area contributed by atoms with E-state index in [0.717, 1.165) is 173 Å². The predicted molar refractivity (Wildman–Crippen MR) is 352 cm³/mol. The SMILES string of the molecule is CC/C=C\C/C=C\C/C=C\C/C=C\C/C=C\C/C=C\C/C=C\C/C=C\CCCCCCC(=O)OCC(COC(=O)CCCCCCCCCCC)OC(=O)CCCCCCCC/C=C\C/C=C\C/C=C\C/C=C\C/C=C\C/C=C\CC. The summed E-state index contributed by atoms with van der Waals surface area (Å²) >= 11 is 0. The molecular weight excluding hydrogens is 997 g/mol. The Labute approximate surface area is 498 Å². The van der Waals surface area contributed by atoms with Crippen LogP contribution in [-0.2, 0) is 28.6 Å². The first-order chi connectivity index (χ1) is 40.0. The van der Waals surface area contributed by atoms with Crippen molar-refractivity contribution in [2.24, 2.45) is 0 Å². The van der Waals surface area contributed by atoms with Gasteiger partial charge in [0.1, 0.15) is 13.2 Å². The van der Waals surface area contributed by atoms with E-state index in [1.165, 1.54) is 51.4 Å². The second-order valence-electron chi connectivity index (χ2n) is 20.9. The Morgan fingerprint density at radius 3 is 0.753 bits per heavy atom.